The zero-order chi connectivity index (χ0) is 13.4. The van der Waals surface area contributed by atoms with Gasteiger partial charge in [-0.3, -0.25) is 9.69 Å². The van der Waals surface area contributed by atoms with Crippen LogP contribution < -0.4 is 0 Å². The summed E-state index contributed by atoms with van der Waals surface area (Å²) in [5.74, 6) is 0.203. The smallest absolute Gasteiger partial charge is 0.239 e. The van der Waals surface area contributed by atoms with Crippen molar-refractivity contribution in [1.29, 1.82) is 0 Å². The number of rotatable bonds is 2. The average Bonchev–Trinajstić information content (AvgIpc) is 2.75. The fraction of sp³-hybridized carbons (Fsp3) is 0.692. The maximum Gasteiger partial charge on any atom is 0.239 e. The minimum absolute atomic E-state index is 0.0644. The maximum absolute atomic E-state index is 12.2. The SMILES string of the molecule is Cc1csc(CN2[C@H](C)C(=O)N(C)[C@H](C)[C@@H]2C)n1. The van der Waals surface area contributed by atoms with Crippen molar-refractivity contribution < 1.29 is 4.79 Å². The summed E-state index contributed by atoms with van der Waals surface area (Å²) in [5.41, 5.74) is 1.06. The molecule has 1 aromatic rings. The number of aromatic nitrogens is 1. The van der Waals surface area contributed by atoms with Crippen LogP contribution in [-0.2, 0) is 11.3 Å². The molecule has 0 aliphatic carbocycles. The van der Waals surface area contributed by atoms with E-state index in [4.69, 9.17) is 0 Å². The van der Waals surface area contributed by atoms with Gasteiger partial charge in [-0.2, -0.15) is 0 Å². The van der Waals surface area contributed by atoms with Gasteiger partial charge in [-0.15, -0.1) is 11.3 Å². The zero-order valence-corrected chi connectivity index (χ0v) is 12.5. The normalized spacial score (nSPS) is 29.9. The predicted octanol–water partition coefficient (Wildman–Crippen LogP) is 1.89. The lowest BCUT2D eigenvalue weighted by atomic mass is 10.0. The van der Waals surface area contributed by atoms with Crippen molar-refractivity contribution in [3.63, 3.8) is 0 Å². The lowest BCUT2D eigenvalue weighted by Gasteiger charge is -2.46. The Kier molecular flexibility index (Phi) is 3.73. The van der Waals surface area contributed by atoms with E-state index in [0.717, 1.165) is 17.2 Å². The second-order valence-electron chi connectivity index (χ2n) is 5.16. The van der Waals surface area contributed by atoms with Gasteiger partial charge in [0.1, 0.15) is 5.01 Å². The number of carbonyl (C=O) groups excluding carboxylic acids is 1. The molecule has 2 heterocycles. The first-order chi connectivity index (χ1) is 8.41. The van der Waals surface area contributed by atoms with Crippen LogP contribution in [0.3, 0.4) is 0 Å². The van der Waals surface area contributed by atoms with E-state index in [-0.39, 0.29) is 18.0 Å². The first-order valence-corrected chi connectivity index (χ1v) is 7.23. The number of carbonyl (C=O) groups is 1. The highest BCUT2D eigenvalue weighted by Gasteiger charge is 2.39. The third-order valence-electron chi connectivity index (χ3n) is 4.02. The fourth-order valence-corrected chi connectivity index (χ4v) is 3.28. The Morgan fingerprint density at radius 2 is 2.00 bits per heavy atom. The Balaban J connectivity index is 2.18. The van der Waals surface area contributed by atoms with E-state index < -0.39 is 0 Å². The first kappa shape index (κ1) is 13.5. The van der Waals surface area contributed by atoms with Crippen molar-refractivity contribution in [1.82, 2.24) is 14.8 Å². The first-order valence-electron chi connectivity index (χ1n) is 6.35. The summed E-state index contributed by atoms with van der Waals surface area (Å²) in [5, 5.41) is 3.15. The third kappa shape index (κ3) is 2.29. The molecule has 3 atom stereocenters. The number of thiazole rings is 1. The van der Waals surface area contributed by atoms with Gasteiger partial charge < -0.3 is 4.90 Å². The van der Waals surface area contributed by atoms with Gasteiger partial charge in [-0.25, -0.2) is 4.98 Å². The summed E-state index contributed by atoms with van der Waals surface area (Å²) in [6.07, 6.45) is 0. The molecule has 5 heteroatoms. The van der Waals surface area contributed by atoms with Crippen molar-refractivity contribution in [3.8, 4) is 0 Å². The molecular weight excluding hydrogens is 246 g/mol. The van der Waals surface area contributed by atoms with E-state index in [1.54, 1.807) is 11.3 Å². The molecule has 4 nitrogen and oxygen atoms in total. The Morgan fingerprint density at radius 3 is 2.56 bits per heavy atom. The van der Waals surface area contributed by atoms with Crippen LogP contribution in [0.25, 0.3) is 0 Å². The van der Waals surface area contributed by atoms with Crippen LogP contribution in [0.1, 0.15) is 31.5 Å². The van der Waals surface area contributed by atoms with Gasteiger partial charge in [0.05, 0.1) is 12.6 Å². The molecule has 2 rings (SSSR count). The zero-order valence-electron chi connectivity index (χ0n) is 11.7. The molecule has 1 aliphatic rings. The number of piperazine rings is 1. The van der Waals surface area contributed by atoms with E-state index in [1.807, 2.05) is 25.8 Å². The largest absolute Gasteiger partial charge is 0.340 e. The summed E-state index contributed by atoms with van der Waals surface area (Å²) < 4.78 is 0. The van der Waals surface area contributed by atoms with Gasteiger partial charge in [-0.05, 0) is 27.7 Å². The van der Waals surface area contributed by atoms with Gasteiger partial charge >= 0.3 is 0 Å². The molecule has 0 N–H and O–H groups in total. The lowest BCUT2D eigenvalue weighted by Crippen LogP contribution is -2.62. The van der Waals surface area contributed by atoms with Crippen molar-refractivity contribution >= 4 is 17.2 Å². The Morgan fingerprint density at radius 1 is 1.33 bits per heavy atom. The molecular formula is C13H21N3OS. The number of amides is 1. The molecule has 18 heavy (non-hydrogen) atoms. The van der Waals surface area contributed by atoms with E-state index >= 15 is 0 Å². The van der Waals surface area contributed by atoms with E-state index in [0.29, 0.717) is 6.04 Å². The number of nitrogens with zero attached hydrogens (tertiary/aromatic N) is 3. The molecule has 1 fully saturated rings. The highest BCUT2D eigenvalue weighted by molar-refractivity contribution is 7.09. The highest BCUT2D eigenvalue weighted by Crippen LogP contribution is 2.24. The molecule has 0 saturated carbocycles. The Bertz CT molecular complexity index is 445. The van der Waals surface area contributed by atoms with E-state index in [9.17, 15) is 4.79 Å². The average molecular weight is 267 g/mol. The maximum atomic E-state index is 12.2. The van der Waals surface area contributed by atoms with Crippen LogP contribution in [-0.4, -0.2) is 45.9 Å². The van der Waals surface area contributed by atoms with Crippen LogP contribution in [0.2, 0.25) is 0 Å². The molecule has 0 aromatic carbocycles. The third-order valence-corrected chi connectivity index (χ3v) is 4.97. The summed E-state index contributed by atoms with van der Waals surface area (Å²) in [6, 6.07) is 0.534. The molecule has 100 valence electrons. The Hall–Kier alpha value is -0.940. The van der Waals surface area contributed by atoms with Crippen molar-refractivity contribution in [2.45, 2.75) is 52.4 Å². The van der Waals surface area contributed by atoms with Crippen LogP contribution in [0, 0.1) is 6.92 Å². The van der Waals surface area contributed by atoms with Crippen LogP contribution in [0.5, 0.6) is 0 Å². The monoisotopic (exact) mass is 267 g/mol. The predicted molar refractivity (Wildman–Crippen MR) is 73.6 cm³/mol. The molecule has 1 amide bonds. The number of hydrogen-bond acceptors (Lipinski definition) is 4. The Labute approximate surface area is 113 Å². The molecule has 0 bridgehead atoms. The lowest BCUT2D eigenvalue weighted by molar-refractivity contribution is -0.146. The van der Waals surface area contributed by atoms with Gasteiger partial charge in [-0.1, -0.05) is 0 Å². The summed E-state index contributed by atoms with van der Waals surface area (Å²) in [6.45, 7) is 9.05. The summed E-state index contributed by atoms with van der Waals surface area (Å²) in [7, 11) is 1.89. The number of hydrogen-bond donors (Lipinski definition) is 0. The van der Waals surface area contributed by atoms with Crippen LogP contribution in [0.4, 0.5) is 0 Å². The van der Waals surface area contributed by atoms with Crippen LogP contribution in [0.15, 0.2) is 5.38 Å². The number of aryl methyl sites for hydroxylation is 1. The highest BCUT2D eigenvalue weighted by atomic mass is 32.1. The molecule has 0 unspecified atom stereocenters. The van der Waals surface area contributed by atoms with Crippen molar-refractivity contribution in [3.05, 3.63) is 16.1 Å². The van der Waals surface area contributed by atoms with Crippen LogP contribution >= 0.6 is 11.3 Å². The van der Waals surface area contributed by atoms with Gasteiger partial charge in [0.25, 0.3) is 0 Å². The van der Waals surface area contributed by atoms with E-state index in [2.05, 4.69) is 29.1 Å². The molecule has 0 radical (unpaired) electrons. The quantitative estimate of drug-likeness (QED) is 0.821. The molecule has 1 aliphatic heterocycles. The molecule has 0 spiro atoms. The fourth-order valence-electron chi connectivity index (χ4n) is 2.50. The minimum Gasteiger partial charge on any atom is -0.340 e. The molecule has 1 saturated heterocycles. The summed E-state index contributed by atoms with van der Waals surface area (Å²) >= 11 is 1.67. The summed E-state index contributed by atoms with van der Waals surface area (Å²) in [4.78, 5) is 20.8. The standard InChI is InChI=1S/C13H21N3OS/c1-8-7-18-12(14-8)6-16-10(3)9(2)15(5)13(17)11(16)4/h7,9-11H,6H2,1-5H3/t9-,10+,11-/m1/s1. The second kappa shape index (κ2) is 4.97. The number of likely N-dealkylation sites (N-methyl/N-ethyl adjacent to an activating group) is 1. The topological polar surface area (TPSA) is 36.4 Å². The molecule has 1 aromatic heterocycles. The van der Waals surface area contributed by atoms with E-state index in [1.165, 1.54) is 0 Å². The van der Waals surface area contributed by atoms with Gasteiger partial charge in [0.2, 0.25) is 5.91 Å². The van der Waals surface area contributed by atoms with Crippen molar-refractivity contribution in [2.75, 3.05) is 7.05 Å². The van der Waals surface area contributed by atoms with Gasteiger partial charge in [0, 0.05) is 30.2 Å². The van der Waals surface area contributed by atoms with Crippen molar-refractivity contribution in [2.24, 2.45) is 0 Å². The van der Waals surface area contributed by atoms with Gasteiger partial charge in [0.15, 0.2) is 0 Å². The second-order valence-corrected chi connectivity index (χ2v) is 6.10. The minimum atomic E-state index is -0.0644.